The van der Waals surface area contributed by atoms with Crippen molar-refractivity contribution in [3.8, 4) is 6.07 Å². The van der Waals surface area contributed by atoms with Gasteiger partial charge in [0.15, 0.2) is 0 Å². The highest BCUT2D eigenvalue weighted by Gasteiger charge is 2.08. The van der Waals surface area contributed by atoms with Gasteiger partial charge in [0, 0.05) is 19.3 Å². The van der Waals surface area contributed by atoms with E-state index >= 15 is 0 Å². The largest absolute Gasteiger partial charge is 0.389 e. The van der Waals surface area contributed by atoms with E-state index < -0.39 is 15.9 Å². The zero-order valence-corrected chi connectivity index (χ0v) is 15.4. The number of nitrogens with zero attached hydrogens (tertiary/aromatic N) is 1. The fourth-order valence-corrected chi connectivity index (χ4v) is 2.77. The Bertz CT molecular complexity index is 947. The highest BCUT2D eigenvalue weighted by Crippen LogP contribution is 2.09. The van der Waals surface area contributed by atoms with Crippen LogP contribution in [0.1, 0.15) is 11.1 Å². The molecule has 1 amide bonds. The third-order valence-electron chi connectivity index (χ3n) is 3.72. The monoisotopic (exact) mass is 384 g/mol. The summed E-state index contributed by atoms with van der Waals surface area (Å²) in [6.07, 6.45) is 1.96. The summed E-state index contributed by atoms with van der Waals surface area (Å²) in [6.45, 7) is 0.820. The third-order valence-corrected chi connectivity index (χ3v) is 4.65. The summed E-state index contributed by atoms with van der Waals surface area (Å²) in [4.78, 5) is 12.1. The molecular weight excluding hydrogens is 364 g/mol. The Morgan fingerprint density at radius 1 is 1.07 bits per heavy atom. The second-order valence-corrected chi connectivity index (χ2v) is 7.29. The second kappa shape index (κ2) is 9.52. The zero-order valence-electron chi connectivity index (χ0n) is 14.6. The maximum atomic E-state index is 12.0. The molecule has 0 aromatic heterocycles. The molecule has 7 nitrogen and oxygen atoms in total. The minimum absolute atomic E-state index is 0.0181. The van der Waals surface area contributed by atoms with E-state index in [1.807, 2.05) is 36.4 Å². The van der Waals surface area contributed by atoms with Crippen molar-refractivity contribution in [1.82, 2.24) is 10.6 Å². The number of benzene rings is 2. The van der Waals surface area contributed by atoms with E-state index in [9.17, 15) is 13.2 Å². The summed E-state index contributed by atoms with van der Waals surface area (Å²) >= 11 is 0. The predicted molar refractivity (Wildman–Crippen MR) is 102 cm³/mol. The average molecular weight is 384 g/mol. The lowest BCUT2D eigenvalue weighted by atomic mass is 10.1. The summed E-state index contributed by atoms with van der Waals surface area (Å²) in [5, 5.41) is 19.8. The van der Waals surface area contributed by atoms with E-state index in [4.69, 9.17) is 10.4 Å². The summed E-state index contributed by atoms with van der Waals surface area (Å²) in [6, 6.07) is 17.5. The van der Waals surface area contributed by atoms with Crippen molar-refractivity contribution in [2.24, 2.45) is 5.14 Å². The second-order valence-electron chi connectivity index (χ2n) is 5.73. The molecule has 0 saturated carbocycles. The van der Waals surface area contributed by atoms with Gasteiger partial charge in [0.25, 0.3) is 5.91 Å². The number of hydrogen-bond acceptors (Lipinski definition) is 5. The van der Waals surface area contributed by atoms with Crippen molar-refractivity contribution >= 4 is 15.9 Å². The normalized spacial score (nSPS) is 11.5. The fraction of sp³-hybridized carbons (Fsp3) is 0.158. The highest BCUT2D eigenvalue weighted by molar-refractivity contribution is 7.89. The summed E-state index contributed by atoms with van der Waals surface area (Å²) in [5.41, 5.74) is 1.82. The van der Waals surface area contributed by atoms with Gasteiger partial charge in [-0.25, -0.2) is 13.6 Å². The van der Waals surface area contributed by atoms with Crippen LogP contribution in [-0.2, 0) is 27.8 Å². The smallest absolute Gasteiger partial charge is 0.263 e. The number of primary sulfonamides is 1. The van der Waals surface area contributed by atoms with Crippen LogP contribution in [0.2, 0.25) is 0 Å². The quantitative estimate of drug-likeness (QED) is 0.358. The SMILES string of the molecule is N#C/C(=C/NCCc1ccc(S(N)(=O)=O)cc1)C(=O)NCc1ccccc1. The first-order valence-electron chi connectivity index (χ1n) is 8.17. The molecule has 2 aromatic carbocycles. The molecule has 0 saturated heterocycles. The number of rotatable bonds is 8. The Balaban J connectivity index is 1.82. The number of carbonyl (C=O) groups is 1. The maximum absolute atomic E-state index is 12.0. The highest BCUT2D eigenvalue weighted by atomic mass is 32.2. The first-order chi connectivity index (χ1) is 12.9. The van der Waals surface area contributed by atoms with Crippen molar-refractivity contribution in [2.45, 2.75) is 17.9 Å². The van der Waals surface area contributed by atoms with Gasteiger partial charge in [-0.05, 0) is 29.7 Å². The molecule has 8 heteroatoms. The Labute approximate surface area is 158 Å². The molecule has 0 aliphatic carbocycles. The molecule has 0 bridgehead atoms. The Morgan fingerprint density at radius 3 is 2.33 bits per heavy atom. The van der Waals surface area contributed by atoms with Crippen molar-refractivity contribution in [3.63, 3.8) is 0 Å². The van der Waals surface area contributed by atoms with E-state index in [-0.39, 0.29) is 10.5 Å². The lowest BCUT2D eigenvalue weighted by molar-refractivity contribution is -0.117. The number of sulfonamides is 1. The molecule has 140 valence electrons. The van der Waals surface area contributed by atoms with Crippen LogP contribution in [0.25, 0.3) is 0 Å². The molecule has 4 N–H and O–H groups in total. The summed E-state index contributed by atoms with van der Waals surface area (Å²) in [7, 11) is -3.70. The number of hydrogen-bond donors (Lipinski definition) is 3. The third kappa shape index (κ3) is 6.58. The molecule has 27 heavy (non-hydrogen) atoms. The molecule has 0 fully saturated rings. The molecule has 0 aliphatic rings. The molecule has 0 unspecified atom stereocenters. The minimum atomic E-state index is -3.70. The molecule has 0 aliphatic heterocycles. The van der Waals surface area contributed by atoms with Gasteiger partial charge in [-0.2, -0.15) is 5.26 Å². The van der Waals surface area contributed by atoms with Crippen molar-refractivity contribution in [1.29, 1.82) is 5.26 Å². The predicted octanol–water partition coefficient (Wildman–Crippen LogP) is 1.19. The Hall–Kier alpha value is -3.15. The zero-order chi connectivity index (χ0) is 19.7. The van der Waals surface area contributed by atoms with Gasteiger partial charge in [0.2, 0.25) is 10.0 Å². The summed E-state index contributed by atoms with van der Waals surface area (Å²) < 4.78 is 22.4. The number of nitrogens with two attached hydrogens (primary N) is 1. The lowest BCUT2D eigenvalue weighted by Crippen LogP contribution is -2.25. The van der Waals surface area contributed by atoms with Crippen LogP contribution in [0.15, 0.2) is 71.3 Å². The lowest BCUT2D eigenvalue weighted by Gasteiger charge is -2.06. The van der Waals surface area contributed by atoms with Gasteiger partial charge < -0.3 is 10.6 Å². The molecule has 0 radical (unpaired) electrons. The van der Waals surface area contributed by atoms with Gasteiger partial charge in [0.05, 0.1) is 4.90 Å². The van der Waals surface area contributed by atoms with E-state index in [0.717, 1.165) is 11.1 Å². The fourth-order valence-electron chi connectivity index (χ4n) is 2.26. The number of nitrogens with one attached hydrogen (secondary N) is 2. The number of carbonyl (C=O) groups excluding carboxylic acids is 1. The van der Waals surface area contributed by atoms with Gasteiger partial charge in [-0.15, -0.1) is 0 Å². The van der Waals surface area contributed by atoms with Crippen LogP contribution < -0.4 is 15.8 Å². The average Bonchev–Trinajstić information content (AvgIpc) is 2.66. The van der Waals surface area contributed by atoms with E-state index in [0.29, 0.717) is 19.5 Å². The topological polar surface area (TPSA) is 125 Å². The minimum Gasteiger partial charge on any atom is -0.389 e. The van der Waals surface area contributed by atoms with Gasteiger partial charge in [0.1, 0.15) is 11.6 Å². The summed E-state index contributed by atoms with van der Waals surface area (Å²) in [5.74, 6) is -0.452. The maximum Gasteiger partial charge on any atom is 0.263 e. The molecule has 0 heterocycles. The standard InChI is InChI=1S/C19H20N4O3S/c20-12-17(19(24)23-13-16-4-2-1-3-5-16)14-22-11-10-15-6-8-18(9-7-15)27(21,25)26/h1-9,14,22H,10-11,13H2,(H,23,24)(H2,21,25,26)/b17-14-. The molecular formula is C19H20N4O3S. The number of nitriles is 1. The van der Waals surface area contributed by atoms with Crippen molar-refractivity contribution < 1.29 is 13.2 Å². The van der Waals surface area contributed by atoms with Crippen molar-refractivity contribution in [3.05, 3.63) is 77.5 Å². The molecule has 2 rings (SSSR count). The first-order valence-corrected chi connectivity index (χ1v) is 9.72. The van der Waals surface area contributed by atoms with Crippen LogP contribution in [0.4, 0.5) is 0 Å². The molecule has 2 aromatic rings. The Kier molecular flexibility index (Phi) is 7.11. The van der Waals surface area contributed by atoms with E-state index in [1.165, 1.54) is 18.3 Å². The van der Waals surface area contributed by atoms with Crippen LogP contribution in [0.5, 0.6) is 0 Å². The van der Waals surface area contributed by atoms with Crippen LogP contribution in [0, 0.1) is 11.3 Å². The van der Waals surface area contributed by atoms with Crippen LogP contribution >= 0.6 is 0 Å². The van der Waals surface area contributed by atoms with Crippen molar-refractivity contribution in [2.75, 3.05) is 6.54 Å². The number of amides is 1. The van der Waals surface area contributed by atoms with E-state index in [1.54, 1.807) is 12.1 Å². The van der Waals surface area contributed by atoms with Crippen LogP contribution in [0.3, 0.4) is 0 Å². The van der Waals surface area contributed by atoms with Gasteiger partial charge in [-0.3, -0.25) is 4.79 Å². The van der Waals surface area contributed by atoms with Gasteiger partial charge >= 0.3 is 0 Å². The Morgan fingerprint density at radius 2 is 1.74 bits per heavy atom. The van der Waals surface area contributed by atoms with E-state index in [2.05, 4.69) is 10.6 Å². The molecule has 0 spiro atoms. The van der Waals surface area contributed by atoms with Gasteiger partial charge in [-0.1, -0.05) is 42.5 Å². The van der Waals surface area contributed by atoms with Crippen LogP contribution in [-0.4, -0.2) is 20.9 Å². The molecule has 0 atom stereocenters. The first kappa shape index (κ1) is 20.2.